The highest BCUT2D eigenvalue weighted by atomic mass is 16.5. The highest BCUT2D eigenvalue weighted by Crippen LogP contribution is 2.55. The lowest BCUT2D eigenvalue weighted by Gasteiger charge is -2.43. The average molecular weight is 400 g/mol. The SMILES string of the molecule is CC1CCC2(C1)CC1(N=C(N)N(C)C1=O)c1cc(-c3cccc(C#N)c3)ccc1O2. The normalized spacial score (nSPS) is 29.6. The Labute approximate surface area is 176 Å². The van der Waals surface area contributed by atoms with Crippen molar-refractivity contribution in [2.45, 2.75) is 43.7 Å². The third-order valence-electron chi connectivity index (χ3n) is 6.78. The van der Waals surface area contributed by atoms with Gasteiger partial charge in [-0.15, -0.1) is 0 Å². The Morgan fingerprint density at radius 3 is 2.73 bits per heavy atom. The molecule has 1 saturated carbocycles. The second-order valence-corrected chi connectivity index (χ2v) is 8.91. The fourth-order valence-electron chi connectivity index (χ4n) is 5.31. The van der Waals surface area contributed by atoms with Crippen molar-refractivity contribution in [3.05, 3.63) is 53.6 Å². The van der Waals surface area contributed by atoms with Gasteiger partial charge in [-0.2, -0.15) is 5.26 Å². The van der Waals surface area contributed by atoms with Crippen LogP contribution < -0.4 is 10.5 Å². The monoisotopic (exact) mass is 400 g/mol. The number of amides is 1. The summed E-state index contributed by atoms with van der Waals surface area (Å²) in [5.74, 6) is 1.39. The standard InChI is InChI=1S/C24H24N4O2/c1-15-8-9-23(12-15)14-24(21(29)28(2)22(26)27-24)19-11-18(6-7-20(19)30-23)17-5-3-4-16(10-17)13-25/h3-7,10-11,15H,8-9,12,14H2,1-2H3,(H2,26,27). The maximum absolute atomic E-state index is 13.5. The molecule has 1 amide bonds. The molecule has 2 aromatic carbocycles. The first-order valence-electron chi connectivity index (χ1n) is 10.3. The third-order valence-corrected chi connectivity index (χ3v) is 6.78. The van der Waals surface area contributed by atoms with Crippen molar-refractivity contribution in [1.82, 2.24) is 4.90 Å². The number of nitrogens with two attached hydrogens (primary N) is 1. The highest BCUT2D eigenvalue weighted by molar-refractivity contribution is 6.07. The molecule has 152 valence electrons. The number of hydrogen-bond acceptors (Lipinski definition) is 5. The number of likely N-dealkylation sites (N-methyl/N-ethyl adjacent to an activating group) is 1. The predicted octanol–water partition coefficient (Wildman–Crippen LogP) is 3.55. The van der Waals surface area contributed by atoms with Gasteiger partial charge in [0.25, 0.3) is 5.91 Å². The van der Waals surface area contributed by atoms with Crippen LogP contribution in [0, 0.1) is 17.2 Å². The van der Waals surface area contributed by atoms with Crippen LogP contribution >= 0.6 is 0 Å². The van der Waals surface area contributed by atoms with Crippen LogP contribution in [-0.2, 0) is 10.3 Å². The van der Waals surface area contributed by atoms with Gasteiger partial charge in [-0.05, 0) is 60.6 Å². The summed E-state index contributed by atoms with van der Waals surface area (Å²) in [6.45, 7) is 2.23. The molecule has 2 aromatic rings. The zero-order valence-electron chi connectivity index (χ0n) is 17.2. The lowest BCUT2D eigenvalue weighted by molar-refractivity contribution is -0.134. The Balaban J connectivity index is 1.68. The van der Waals surface area contributed by atoms with Crippen molar-refractivity contribution >= 4 is 11.9 Å². The number of aliphatic imine (C=N–C) groups is 1. The summed E-state index contributed by atoms with van der Waals surface area (Å²) >= 11 is 0. The van der Waals surface area contributed by atoms with E-state index >= 15 is 0 Å². The summed E-state index contributed by atoms with van der Waals surface area (Å²) in [6.07, 6.45) is 3.40. The van der Waals surface area contributed by atoms with Crippen LogP contribution in [-0.4, -0.2) is 29.4 Å². The molecular formula is C24H24N4O2. The van der Waals surface area contributed by atoms with Gasteiger partial charge in [0.15, 0.2) is 11.5 Å². The number of nitriles is 1. The molecule has 1 aliphatic carbocycles. The van der Waals surface area contributed by atoms with Crippen molar-refractivity contribution < 1.29 is 9.53 Å². The number of rotatable bonds is 1. The lowest BCUT2D eigenvalue weighted by Crippen LogP contribution is -2.50. The zero-order chi connectivity index (χ0) is 21.1. The fraction of sp³-hybridized carbons (Fsp3) is 0.375. The second kappa shape index (κ2) is 6.33. The van der Waals surface area contributed by atoms with Crippen LogP contribution in [0.4, 0.5) is 0 Å². The summed E-state index contributed by atoms with van der Waals surface area (Å²) in [4.78, 5) is 19.6. The Morgan fingerprint density at radius 1 is 1.27 bits per heavy atom. The molecule has 2 spiro atoms. The smallest absolute Gasteiger partial charge is 0.261 e. The number of benzene rings is 2. The number of carbonyl (C=O) groups excluding carboxylic acids is 1. The van der Waals surface area contributed by atoms with E-state index < -0.39 is 5.54 Å². The number of carbonyl (C=O) groups is 1. The van der Waals surface area contributed by atoms with E-state index in [1.165, 1.54) is 4.90 Å². The Bertz CT molecular complexity index is 1130. The van der Waals surface area contributed by atoms with Gasteiger partial charge < -0.3 is 10.5 Å². The first kappa shape index (κ1) is 18.7. The van der Waals surface area contributed by atoms with Gasteiger partial charge in [0.2, 0.25) is 0 Å². The van der Waals surface area contributed by atoms with E-state index in [1.54, 1.807) is 13.1 Å². The minimum Gasteiger partial charge on any atom is -0.487 e. The first-order valence-corrected chi connectivity index (χ1v) is 10.3. The van der Waals surface area contributed by atoms with Crippen LogP contribution in [0.15, 0.2) is 47.5 Å². The van der Waals surface area contributed by atoms with Crippen molar-refractivity contribution in [2.24, 2.45) is 16.6 Å². The molecule has 2 aliphatic heterocycles. The number of guanidine groups is 1. The molecule has 6 heteroatoms. The van der Waals surface area contributed by atoms with Gasteiger partial charge in [0.05, 0.1) is 11.6 Å². The van der Waals surface area contributed by atoms with E-state index in [0.29, 0.717) is 23.7 Å². The van der Waals surface area contributed by atoms with Crippen LogP contribution in [0.5, 0.6) is 5.75 Å². The Hall–Kier alpha value is -3.33. The third kappa shape index (κ3) is 2.62. The van der Waals surface area contributed by atoms with E-state index in [-0.39, 0.29) is 17.5 Å². The molecule has 0 radical (unpaired) electrons. The first-order chi connectivity index (χ1) is 14.4. The molecule has 6 nitrogen and oxygen atoms in total. The molecule has 30 heavy (non-hydrogen) atoms. The van der Waals surface area contributed by atoms with Gasteiger partial charge in [-0.3, -0.25) is 9.69 Å². The molecule has 0 bridgehead atoms. The molecule has 5 rings (SSSR count). The van der Waals surface area contributed by atoms with Gasteiger partial charge in [-0.1, -0.05) is 25.1 Å². The Kier molecular flexibility index (Phi) is 3.94. The minimum atomic E-state index is -1.06. The van der Waals surface area contributed by atoms with E-state index in [9.17, 15) is 10.1 Å². The molecule has 2 heterocycles. The van der Waals surface area contributed by atoms with E-state index in [2.05, 4.69) is 13.0 Å². The summed E-state index contributed by atoms with van der Waals surface area (Å²) in [7, 11) is 1.68. The molecule has 0 saturated heterocycles. The van der Waals surface area contributed by atoms with Gasteiger partial charge in [0, 0.05) is 19.0 Å². The molecule has 1 fully saturated rings. The number of ether oxygens (including phenoxy) is 1. The van der Waals surface area contributed by atoms with Crippen molar-refractivity contribution in [1.29, 1.82) is 5.26 Å². The molecule has 3 atom stereocenters. The zero-order valence-corrected chi connectivity index (χ0v) is 17.2. The van der Waals surface area contributed by atoms with Crippen LogP contribution in [0.2, 0.25) is 0 Å². The quantitative estimate of drug-likeness (QED) is 0.792. The predicted molar refractivity (Wildman–Crippen MR) is 114 cm³/mol. The van der Waals surface area contributed by atoms with E-state index in [1.807, 2.05) is 36.4 Å². The van der Waals surface area contributed by atoms with Gasteiger partial charge in [-0.25, -0.2) is 4.99 Å². The van der Waals surface area contributed by atoms with Crippen LogP contribution in [0.25, 0.3) is 11.1 Å². The molecule has 0 aromatic heterocycles. The highest BCUT2D eigenvalue weighted by Gasteiger charge is 2.59. The summed E-state index contributed by atoms with van der Waals surface area (Å²) in [6, 6.07) is 15.5. The topological polar surface area (TPSA) is 91.7 Å². The van der Waals surface area contributed by atoms with Crippen LogP contribution in [0.1, 0.15) is 43.7 Å². The van der Waals surface area contributed by atoms with E-state index in [4.69, 9.17) is 15.5 Å². The van der Waals surface area contributed by atoms with Gasteiger partial charge in [0.1, 0.15) is 11.4 Å². The fourth-order valence-corrected chi connectivity index (χ4v) is 5.31. The maximum Gasteiger partial charge on any atom is 0.261 e. The van der Waals surface area contributed by atoms with E-state index in [0.717, 1.165) is 36.0 Å². The largest absolute Gasteiger partial charge is 0.487 e. The molecule has 2 N–H and O–H groups in total. The number of hydrogen-bond donors (Lipinski definition) is 1. The second-order valence-electron chi connectivity index (χ2n) is 8.91. The average Bonchev–Trinajstić information content (AvgIpc) is 3.20. The number of fused-ring (bicyclic) bond motifs is 2. The Morgan fingerprint density at radius 2 is 2.07 bits per heavy atom. The van der Waals surface area contributed by atoms with Gasteiger partial charge >= 0.3 is 0 Å². The summed E-state index contributed by atoms with van der Waals surface area (Å²) in [5, 5.41) is 9.25. The summed E-state index contributed by atoms with van der Waals surface area (Å²) < 4.78 is 6.56. The van der Waals surface area contributed by atoms with Crippen molar-refractivity contribution in [3.63, 3.8) is 0 Å². The summed E-state index contributed by atoms with van der Waals surface area (Å²) in [5.41, 5.74) is 7.84. The van der Waals surface area contributed by atoms with Crippen LogP contribution in [0.3, 0.4) is 0 Å². The van der Waals surface area contributed by atoms with Crippen molar-refractivity contribution in [3.8, 4) is 22.9 Å². The lowest BCUT2D eigenvalue weighted by atomic mass is 9.74. The minimum absolute atomic E-state index is 0.105. The maximum atomic E-state index is 13.5. The van der Waals surface area contributed by atoms with Crippen molar-refractivity contribution in [2.75, 3.05) is 7.05 Å². The number of nitrogens with zero attached hydrogens (tertiary/aromatic N) is 3. The molecule has 3 aliphatic rings. The molecular weight excluding hydrogens is 376 g/mol. The molecule has 3 unspecified atom stereocenters.